The van der Waals surface area contributed by atoms with Crippen molar-refractivity contribution in [1.29, 1.82) is 0 Å². The van der Waals surface area contributed by atoms with Gasteiger partial charge in [0.05, 0.1) is 10.6 Å². The third kappa shape index (κ3) is 3.06. The summed E-state index contributed by atoms with van der Waals surface area (Å²) in [5.74, 6) is 0.0469. The molecule has 1 aromatic carbocycles. The van der Waals surface area contributed by atoms with E-state index in [9.17, 15) is 5.21 Å². The third-order valence-electron chi connectivity index (χ3n) is 2.18. The first-order valence-corrected chi connectivity index (χ1v) is 5.85. The number of benzene rings is 1. The smallest absolute Gasteiger partial charge is 0.418 e. The predicted molar refractivity (Wildman–Crippen MR) is 71.2 cm³/mol. The zero-order chi connectivity index (χ0) is 14.0. The van der Waals surface area contributed by atoms with Crippen molar-refractivity contribution in [3.8, 4) is 5.69 Å². The van der Waals surface area contributed by atoms with Gasteiger partial charge in [-0.05, 0) is 32.9 Å². The lowest BCUT2D eigenvalue weighted by molar-refractivity contribution is -0.453. The van der Waals surface area contributed by atoms with Crippen LogP contribution >= 0.6 is 0 Å². The Morgan fingerprint density at radius 2 is 1.84 bits per heavy atom. The molecule has 7 nitrogen and oxygen atoms in total. The van der Waals surface area contributed by atoms with Crippen LogP contribution in [0.25, 0.3) is 5.69 Å². The molecule has 1 heterocycles. The highest BCUT2D eigenvalue weighted by atomic mass is 16.5. The minimum Gasteiger partial charge on any atom is -0.691 e. The summed E-state index contributed by atoms with van der Waals surface area (Å²) in [7, 11) is 0. The molecule has 0 unspecified atom stereocenters. The van der Waals surface area contributed by atoms with Gasteiger partial charge in [-0.3, -0.25) is 0 Å². The average molecular weight is 260 g/mol. The molecule has 0 aliphatic carbocycles. The van der Waals surface area contributed by atoms with Gasteiger partial charge in [-0.15, -0.1) is 15.1 Å². The molecule has 0 fully saturated rings. The van der Waals surface area contributed by atoms with E-state index < -0.39 is 5.54 Å². The topological polar surface area (TPSA) is 95.2 Å². The molecule has 0 atom stereocenters. The van der Waals surface area contributed by atoms with E-state index in [0.717, 1.165) is 5.69 Å². The summed E-state index contributed by atoms with van der Waals surface area (Å²) in [5.41, 5.74) is 5.92. The predicted octanol–water partition coefficient (Wildman–Crippen LogP) is 2.24. The molecule has 0 spiro atoms. The van der Waals surface area contributed by atoms with E-state index in [1.54, 1.807) is 0 Å². The quantitative estimate of drug-likeness (QED) is 0.509. The summed E-state index contributed by atoms with van der Waals surface area (Å²) in [6.07, 6.45) is 0. The van der Waals surface area contributed by atoms with Crippen LogP contribution in [0, 0.1) is 5.21 Å². The van der Waals surface area contributed by atoms with Crippen LogP contribution in [0.2, 0.25) is 0 Å². The molecule has 0 saturated carbocycles. The first-order chi connectivity index (χ1) is 8.87. The van der Waals surface area contributed by atoms with E-state index in [4.69, 9.17) is 5.73 Å². The number of aromatic nitrogens is 3. The van der Waals surface area contributed by atoms with E-state index in [2.05, 4.69) is 15.3 Å². The lowest BCUT2D eigenvalue weighted by atomic mass is 10.1. The maximum atomic E-state index is 11.9. The first-order valence-electron chi connectivity index (χ1n) is 5.85. The van der Waals surface area contributed by atoms with Gasteiger partial charge in [0.25, 0.3) is 0 Å². The molecule has 0 amide bonds. The number of nitrogen functional groups attached to an aromatic ring is 1. The largest absolute Gasteiger partial charge is 0.691 e. The van der Waals surface area contributed by atoms with Gasteiger partial charge in [-0.25, -0.2) is 0 Å². The van der Waals surface area contributed by atoms with E-state index in [-0.39, 0.29) is 11.6 Å². The lowest BCUT2D eigenvalue weighted by Gasteiger charge is -2.11. The summed E-state index contributed by atoms with van der Waals surface area (Å²) in [5, 5.41) is 23.9. The molecule has 1 aromatic heterocycles. The van der Waals surface area contributed by atoms with Crippen LogP contribution in [0.4, 0.5) is 11.6 Å². The van der Waals surface area contributed by atoms with Gasteiger partial charge in [0, 0.05) is 0 Å². The fraction of sp³-hybridized carbons (Fsp3) is 0.333. The Labute approximate surface area is 110 Å². The lowest BCUT2D eigenvalue weighted by Crippen LogP contribution is -2.13. The van der Waals surface area contributed by atoms with E-state index in [0.29, 0.717) is 4.86 Å². The highest BCUT2D eigenvalue weighted by Crippen LogP contribution is 2.20. The van der Waals surface area contributed by atoms with Gasteiger partial charge in [-0.2, -0.15) is 0 Å². The van der Waals surface area contributed by atoms with Crippen molar-refractivity contribution in [2.75, 3.05) is 5.73 Å². The van der Waals surface area contributed by atoms with Crippen molar-refractivity contribution in [1.82, 2.24) is 15.0 Å². The van der Waals surface area contributed by atoms with Gasteiger partial charge in [0.15, 0.2) is 0 Å². The fourth-order valence-corrected chi connectivity index (χ4v) is 1.44. The number of rotatable bonds is 2. The second-order valence-corrected chi connectivity index (χ2v) is 5.08. The van der Waals surface area contributed by atoms with Crippen molar-refractivity contribution in [2.24, 2.45) is 5.11 Å². The Hall–Kier alpha value is -2.44. The third-order valence-corrected chi connectivity index (χ3v) is 2.18. The van der Waals surface area contributed by atoms with Crippen LogP contribution in [-0.2, 0) is 0 Å². The highest BCUT2D eigenvalue weighted by Gasteiger charge is 2.22. The maximum absolute atomic E-state index is 11.9. The highest BCUT2D eigenvalue weighted by molar-refractivity contribution is 5.46. The summed E-state index contributed by atoms with van der Waals surface area (Å²) in [4.78, 5) is 1.73. The molecule has 2 rings (SSSR count). The van der Waals surface area contributed by atoms with Crippen LogP contribution in [0.3, 0.4) is 0 Å². The normalized spacial score (nSPS) is 12.7. The van der Waals surface area contributed by atoms with Crippen LogP contribution in [0.15, 0.2) is 35.4 Å². The average Bonchev–Trinajstić information content (AvgIpc) is 2.70. The van der Waals surface area contributed by atoms with Gasteiger partial charge in [-0.1, -0.05) is 23.0 Å². The second kappa shape index (κ2) is 4.68. The second-order valence-electron chi connectivity index (χ2n) is 5.08. The molecule has 0 aliphatic heterocycles. The summed E-state index contributed by atoms with van der Waals surface area (Å²) in [6, 6.07) is 9.22. The minimum atomic E-state index is -0.509. The number of hydrogen-bond acceptors (Lipinski definition) is 5. The molecule has 0 aliphatic rings. The molecule has 2 aromatic rings. The van der Waals surface area contributed by atoms with Crippen molar-refractivity contribution < 1.29 is 4.86 Å². The fourth-order valence-electron chi connectivity index (χ4n) is 1.44. The van der Waals surface area contributed by atoms with Crippen LogP contribution in [0.1, 0.15) is 20.8 Å². The number of nitrogens with two attached hydrogens (primary N) is 1. The number of hydrogen-bond donors (Lipinski definition) is 1. The van der Waals surface area contributed by atoms with Crippen molar-refractivity contribution >= 4 is 11.6 Å². The Kier molecular flexibility index (Phi) is 3.20. The maximum Gasteiger partial charge on any atom is 0.418 e. The molecule has 19 heavy (non-hydrogen) atoms. The van der Waals surface area contributed by atoms with Gasteiger partial charge in [0.2, 0.25) is 5.82 Å². The van der Waals surface area contributed by atoms with Crippen LogP contribution < -0.4 is 5.73 Å². The van der Waals surface area contributed by atoms with Crippen molar-refractivity contribution in [2.45, 2.75) is 26.3 Å². The summed E-state index contributed by atoms with van der Waals surface area (Å²) >= 11 is 0. The number of para-hydroxylation sites is 1. The molecule has 0 bridgehead atoms. The molecule has 7 heteroatoms. The summed E-state index contributed by atoms with van der Waals surface area (Å²) in [6.45, 7) is 5.45. The Bertz CT molecular complexity index is 596. The monoisotopic (exact) mass is 260 g/mol. The Morgan fingerprint density at radius 1 is 1.21 bits per heavy atom. The van der Waals surface area contributed by atoms with E-state index in [1.165, 1.54) is 4.80 Å². The molecule has 2 N–H and O–H groups in total. The minimum absolute atomic E-state index is 0.00113. The zero-order valence-electron chi connectivity index (χ0n) is 11.1. The molecule has 0 saturated heterocycles. The van der Waals surface area contributed by atoms with Gasteiger partial charge in [0.1, 0.15) is 5.69 Å². The Morgan fingerprint density at radius 3 is 2.42 bits per heavy atom. The SMILES string of the molecule is CC(C)(C)N=[N+]([O-])c1nn(-c2ccccc2)nc1N. The number of azo groups is 1. The first kappa shape index (κ1) is 13.0. The van der Waals surface area contributed by atoms with Gasteiger partial charge >= 0.3 is 5.82 Å². The van der Waals surface area contributed by atoms with Crippen LogP contribution in [0.5, 0.6) is 0 Å². The summed E-state index contributed by atoms with van der Waals surface area (Å²) < 4.78 is 0. The zero-order valence-corrected chi connectivity index (χ0v) is 11.1. The van der Waals surface area contributed by atoms with Crippen molar-refractivity contribution in [3.63, 3.8) is 0 Å². The molecular formula is C12H16N6O. The van der Waals surface area contributed by atoms with Crippen LogP contribution in [-0.4, -0.2) is 25.4 Å². The molecule has 100 valence electrons. The molecule has 0 radical (unpaired) electrons. The van der Waals surface area contributed by atoms with E-state index >= 15 is 0 Å². The standard InChI is InChI=1S/C12H16N6O/c1-12(2,3)16-18(19)11-10(13)14-17(15-11)9-7-5-4-6-8-9/h4-8H,1-3H3,(H2,13,14). The van der Waals surface area contributed by atoms with Gasteiger partial charge < -0.3 is 10.9 Å². The Balaban J connectivity index is 2.40. The van der Waals surface area contributed by atoms with Crippen molar-refractivity contribution in [3.05, 3.63) is 35.5 Å². The number of anilines is 1. The van der Waals surface area contributed by atoms with E-state index in [1.807, 2.05) is 51.1 Å². The molecular weight excluding hydrogens is 244 g/mol. The number of nitrogens with zero attached hydrogens (tertiary/aromatic N) is 5.